The summed E-state index contributed by atoms with van der Waals surface area (Å²) < 4.78 is 25.3. The molecule has 21 heavy (non-hydrogen) atoms. The summed E-state index contributed by atoms with van der Waals surface area (Å²) in [5.74, 6) is -0.608. The second kappa shape index (κ2) is 7.78. The molecular formula is C16H20FNO3. The molecule has 2 rings (SSSR count). The molecule has 0 aliphatic carbocycles. The number of nitrogens with zero attached hydrogens (tertiary/aromatic N) is 1. The Labute approximate surface area is 123 Å². The van der Waals surface area contributed by atoms with Crippen molar-refractivity contribution < 1.29 is 18.7 Å². The molecule has 1 heterocycles. The maximum absolute atomic E-state index is 13.1. The minimum absolute atomic E-state index is 0.115. The highest BCUT2D eigenvalue weighted by atomic mass is 19.1. The number of fused-ring (bicyclic) bond motifs is 1. The van der Waals surface area contributed by atoms with Crippen molar-refractivity contribution in [3.05, 3.63) is 36.3 Å². The number of ether oxygens (including phenoxy) is 2. The zero-order valence-corrected chi connectivity index (χ0v) is 12.2. The van der Waals surface area contributed by atoms with Gasteiger partial charge < -0.3 is 14.0 Å². The lowest BCUT2D eigenvalue weighted by Gasteiger charge is -2.07. The number of rotatable bonds is 8. The van der Waals surface area contributed by atoms with Crippen LogP contribution in [0.25, 0.3) is 10.9 Å². The van der Waals surface area contributed by atoms with Crippen molar-refractivity contribution in [3.63, 3.8) is 0 Å². The number of hydrogen-bond donors (Lipinski definition) is 0. The molecule has 0 saturated heterocycles. The summed E-state index contributed by atoms with van der Waals surface area (Å²) in [4.78, 5) is 11.7. The molecule has 0 fully saturated rings. The quantitative estimate of drug-likeness (QED) is 0.554. The molecule has 0 spiro atoms. The number of halogens is 1. The number of hydrogen-bond acceptors (Lipinski definition) is 3. The molecule has 0 amide bonds. The molecule has 0 unspecified atom stereocenters. The van der Waals surface area contributed by atoms with E-state index < -0.39 is 0 Å². The Morgan fingerprint density at radius 1 is 1.24 bits per heavy atom. The van der Waals surface area contributed by atoms with Crippen molar-refractivity contribution in [2.45, 2.75) is 26.3 Å². The van der Waals surface area contributed by atoms with Crippen LogP contribution >= 0.6 is 0 Å². The SMILES string of the molecule is CCCCOCCOC(=O)Cn1ccc2cc(F)ccc21. The van der Waals surface area contributed by atoms with Crippen molar-refractivity contribution in [1.82, 2.24) is 4.57 Å². The van der Waals surface area contributed by atoms with Gasteiger partial charge in [-0.1, -0.05) is 13.3 Å². The lowest BCUT2D eigenvalue weighted by molar-refractivity contribution is -0.145. The number of carbonyl (C=O) groups is 1. The first-order valence-electron chi connectivity index (χ1n) is 7.18. The van der Waals surface area contributed by atoms with E-state index in [1.54, 1.807) is 22.9 Å². The van der Waals surface area contributed by atoms with Gasteiger partial charge >= 0.3 is 5.97 Å². The average Bonchev–Trinajstić information content (AvgIpc) is 2.85. The van der Waals surface area contributed by atoms with Crippen LogP contribution in [-0.2, 0) is 20.8 Å². The highest BCUT2D eigenvalue weighted by Crippen LogP contribution is 2.17. The Bertz CT molecular complexity index is 594. The van der Waals surface area contributed by atoms with E-state index in [0.29, 0.717) is 13.2 Å². The van der Waals surface area contributed by atoms with Crippen LogP contribution in [0.2, 0.25) is 0 Å². The van der Waals surface area contributed by atoms with Crippen LogP contribution in [0.3, 0.4) is 0 Å². The van der Waals surface area contributed by atoms with Crippen LogP contribution < -0.4 is 0 Å². The Kier molecular flexibility index (Phi) is 5.75. The normalized spacial score (nSPS) is 11.0. The minimum Gasteiger partial charge on any atom is -0.462 e. The van der Waals surface area contributed by atoms with Gasteiger partial charge in [0.2, 0.25) is 0 Å². The maximum atomic E-state index is 13.1. The van der Waals surface area contributed by atoms with Gasteiger partial charge in [-0.05, 0) is 30.7 Å². The van der Waals surface area contributed by atoms with Crippen molar-refractivity contribution in [3.8, 4) is 0 Å². The number of unbranched alkanes of at least 4 members (excludes halogenated alkanes) is 1. The van der Waals surface area contributed by atoms with Gasteiger partial charge in [-0.15, -0.1) is 0 Å². The first-order chi connectivity index (χ1) is 10.2. The highest BCUT2D eigenvalue weighted by Gasteiger charge is 2.07. The molecule has 5 heteroatoms. The van der Waals surface area contributed by atoms with Gasteiger partial charge in [0.25, 0.3) is 0 Å². The van der Waals surface area contributed by atoms with Crippen LogP contribution in [0.1, 0.15) is 19.8 Å². The topological polar surface area (TPSA) is 40.5 Å². The van der Waals surface area contributed by atoms with Crippen molar-refractivity contribution in [2.24, 2.45) is 0 Å². The van der Waals surface area contributed by atoms with E-state index in [9.17, 15) is 9.18 Å². The van der Waals surface area contributed by atoms with Crippen LogP contribution in [-0.4, -0.2) is 30.4 Å². The smallest absolute Gasteiger partial charge is 0.326 e. The molecule has 1 aromatic heterocycles. The second-order valence-electron chi connectivity index (χ2n) is 4.83. The molecular weight excluding hydrogens is 273 g/mol. The maximum Gasteiger partial charge on any atom is 0.326 e. The first kappa shape index (κ1) is 15.5. The molecule has 0 saturated carbocycles. The third-order valence-corrected chi connectivity index (χ3v) is 3.17. The lowest BCUT2D eigenvalue weighted by Crippen LogP contribution is -2.16. The van der Waals surface area contributed by atoms with Gasteiger partial charge in [-0.3, -0.25) is 4.79 Å². The van der Waals surface area contributed by atoms with E-state index in [-0.39, 0.29) is 24.9 Å². The number of esters is 1. The van der Waals surface area contributed by atoms with E-state index in [2.05, 4.69) is 6.92 Å². The Balaban J connectivity index is 1.79. The van der Waals surface area contributed by atoms with E-state index in [4.69, 9.17) is 9.47 Å². The molecule has 2 aromatic rings. The largest absolute Gasteiger partial charge is 0.462 e. The van der Waals surface area contributed by atoms with E-state index >= 15 is 0 Å². The fourth-order valence-electron chi connectivity index (χ4n) is 2.06. The van der Waals surface area contributed by atoms with Gasteiger partial charge in [0.05, 0.1) is 6.61 Å². The zero-order valence-electron chi connectivity index (χ0n) is 12.2. The van der Waals surface area contributed by atoms with Crippen LogP contribution in [0.5, 0.6) is 0 Å². The third kappa shape index (κ3) is 4.56. The van der Waals surface area contributed by atoms with E-state index in [0.717, 1.165) is 23.7 Å². The molecule has 114 valence electrons. The fourth-order valence-corrected chi connectivity index (χ4v) is 2.06. The fraction of sp³-hybridized carbons (Fsp3) is 0.438. The summed E-state index contributed by atoms with van der Waals surface area (Å²) in [6.07, 6.45) is 3.85. The molecule has 1 aromatic carbocycles. The zero-order chi connectivity index (χ0) is 15.1. The predicted octanol–water partition coefficient (Wildman–Crippen LogP) is 3.14. The molecule has 0 aliphatic rings. The molecule has 0 N–H and O–H groups in total. The molecule has 0 radical (unpaired) electrons. The van der Waals surface area contributed by atoms with Gasteiger partial charge in [-0.2, -0.15) is 0 Å². The van der Waals surface area contributed by atoms with E-state index in [1.165, 1.54) is 12.1 Å². The average molecular weight is 293 g/mol. The summed E-state index contributed by atoms with van der Waals surface area (Å²) in [5, 5.41) is 0.769. The number of benzene rings is 1. The van der Waals surface area contributed by atoms with Crippen molar-refractivity contribution >= 4 is 16.9 Å². The van der Waals surface area contributed by atoms with Gasteiger partial charge in [0.15, 0.2) is 0 Å². The number of carbonyl (C=O) groups excluding carboxylic acids is 1. The molecule has 4 nitrogen and oxygen atoms in total. The van der Waals surface area contributed by atoms with E-state index in [1.807, 2.05) is 0 Å². The third-order valence-electron chi connectivity index (χ3n) is 3.17. The summed E-state index contributed by atoms with van der Waals surface area (Å²) in [6, 6.07) is 6.26. The number of aromatic nitrogens is 1. The van der Waals surface area contributed by atoms with Crippen molar-refractivity contribution in [1.29, 1.82) is 0 Å². The highest BCUT2D eigenvalue weighted by molar-refractivity contribution is 5.82. The summed E-state index contributed by atoms with van der Waals surface area (Å²) in [5.41, 5.74) is 0.813. The minimum atomic E-state index is -0.323. The molecule has 0 bridgehead atoms. The first-order valence-corrected chi connectivity index (χ1v) is 7.18. The standard InChI is InChI=1S/C16H20FNO3/c1-2-3-8-20-9-10-21-16(19)12-18-7-6-13-11-14(17)4-5-15(13)18/h4-7,11H,2-3,8-10,12H2,1H3. The Morgan fingerprint density at radius 2 is 2.10 bits per heavy atom. The van der Waals surface area contributed by atoms with Gasteiger partial charge in [0, 0.05) is 23.7 Å². The summed E-state index contributed by atoms with van der Waals surface area (Å²) >= 11 is 0. The predicted molar refractivity (Wildman–Crippen MR) is 78.6 cm³/mol. The molecule has 0 aliphatic heterocycles. The van der Waals surface area contributed by atoms with Crippen LogP contribution in [0.4, 0.5) is 4.39 Å². The van der Waals surface area contributed by atoms with Crippen LogP contribution in [0, 0.1) is 5.82 Å². The van der Waals surface area contributed by atoms with Gasteiger partial charge in [0.1, 0.15) is 19.0 Å². The molecule has 0 atom stereocenters. The monoisotopic (exact) mass is 293 g/mol. The van der Waals surface area contributed by atoms with Crippen molar-refractivity contribution in [2.75, 3.05) is 19.8 Å². The Morgan fingerprint density at radius 3 is 2.90 bits per heavy atom. The second-order valence-corrected chi connectivity index (χ2v) is 4.83. The Hall–Kier alpha value is -1.88. The van der Waals surface area contributed by atoms with Crippen LogP contribution in [0.15, 0.2) is 30.5 Å². The summed E-state index contributed by atoms with van der Waals surface area (Å²) in [6.45, 7) is 3.59. The van der Waals surface area contributed by atoms with Gasteiger partial charge in [-0.25, -0.2) is 4.39 Å². The lowest BCUT2D eigenvalue weighted by atomic mass is 10.2. The summed E-state index contributed by atoms with van der Waals surface area (Å²) in [7, 11) is 0.